The molecule has 0 spiro atoms. The molecule has 2 nitrogen and oxygen atoms in total. The topological polar surface area (TPSA) is 26.3 Å². The second kappa shape index (κ2) is 3.81. The Bertz CT molecular complexity index is 121. The molecule has 1 aliphatic rings. The van der Waals surface area contributed by atoms with Crippen LogP contribution in [-0.2, 0) is 4.74 Å². The van der Waals surface area contributed by atoms with E-state index in [2.05, 4.69) is 4.74 Å². The van der Waals surface area contributed by atoms with Crippen LogP contribution in [0.15, 0.2) is 0 Å². The van der Waals surface area contributed by atoms with E-state index in [1.165, 1.54) is 19.3 Å². The summed E-state index contributed by atoms with van der Waals surface area (Å²) >= 11 is 4.96. The van der Waals surface area contributed by atoms with E-state index < -0.39 is 5.43 Å². The number of ether oxygens (including phenoxy) is 1. The summed E-state index contributed by atoms with van der Waals surface area (Å²) in [7, 11) is 0. The molecular formula is C7H11ClO2. The normalized spacial score (nSPS) is 18.1. The number of carbonyl (C=O) groups excluding carboxylic acids is 1. The van der Waals surface area contributed by atoms with Crippen LogP contribution in [0.4, 0.5) is 4.79 Å². The van der Waals surface area contributed by atoms with Crippen molar-refractivity contribution < 1.29 is 9.53 Å². The third-order valence-corrected chi connectivity index (χ3v) is 2.08. The molecule has 1 aliphatic carbocycles. The Morgan fingerprint density at radius 3 is 2.70 bits per heavy atom. The molecule has 0 aromatic heterocycles. The van der Waals surface area contributed by atoms with E-state index in [1.807, 2.05) is 0 Å². The number of hydrogen-bond donors (Lipinski definition) is 0. The molecule has 1 rings (SSSR count). The first-order valence-electron chi connectivity index (χ1n) is 3.61. The van der Waals surface area contributed by atoms with Gasteiger partial charge >= 0.3 is 5.43 Å². The van der Waals surface area contributed by atoms with Crippen LogP contribution < -0.4 is 0 Å². The first kappa shape index (κ1) is 7.86. The fraction of sp³-hybridized carbons (Fsp3) is 0.857. The Morgan fingerprint density at radius 2 is 2.30 bits per heavy atom. The van der Waals surface area contributed by atoms with Gasteiger partial charge in [-0.1, -0.05) is 19.3 Å². The molecule has 0 heterocycles. The Kier molecular flexibility index (Phi) is 3.00. The summed E-state index contributed by atoms with van der Waals surface area (Å²) in [5, 5.41) is 0. The zero-order valence-electron chi connectivity index (χ0n) is 5.81. The smallest absolute Gasteiger partial charge is 0.403 e. The molecule has 0 bridgehead atoms. The SMILES string of the molecule is O=C(Cl)OCCC1CCC1. The van der Waals surface area contributed by atoms with Gasteiger partial charge in [-0.3, -0.25) is 0 Å². The molecule has 0 aromatic rings. The first-order chi connectivity index (χ1) is 4.79. The Morgan fingerprint density at radius 1 is 1.60 bits per heavy atom. The van der Waals surface area contributed by atoms with E-state index in [4.69, 9.17) is 11.6 Å². The van der Waals surface area contributed by atoms with E-state index in [1.54, 1.807) is 0 Å². The van der Waals surface area contributed by atoms with Gasteiger partial charge in [0, 0.05) is 11.6 Å². The monoisotopic (exact) mass is 162 g/mol. The first-order valence-corrected chi connectivity index (χ1v) is 3.99. The summed E-state index contributed by atoms with van der Waals surface area (Å²) in [6, 6.07) is 0. The summed E-state index contributed by atoms with van der Waals surface area (Å²) in [4.78, 5) is 10.1. The van der Waals surface area contributed by atoms with E-state index in [9.17, 15) is 4.79 Å². The minimum atomic E-state index is -0.681. The van der Waals surface area contributed by atoms with Crippen molar-refractivity contribution in [1.29, 1.82) is 0 Å². The number of halogens is 1. The largest absolute Gasteiger partial charge is 0.454 e. The van der Waals surface area contributed by atoms with Crippen molar-refractivity contribution in [3.05, 3.63) is 0 Å². The fourth-order valence-corrected chi connectivity index (χ4v) is 1.16. The van der Waals surface area contributed by atoms with Gasteiger partial charge in [-0.05, 0) is 12.3 Å². The maximum atomic E-state index is 10.1. The second-order valence-corrected chi connectivity index (χ2v) is 2.98. The van der Waals surface area contributed by atoms with Crippen LogP contribution in [-0.4, -0.2) is 12.0 Å². The minimum absolute atomic E-state index is 0.493. The van der Waals surface area contributed by atoms with E-state index in [0.29, 0.717) is 6.61 Å². The second-order valence-electron chi connectivity index (χ2n) is 2.67. The van der Waals surface area contributed by atoms with Gasteiger partial charge in [0.1, 0.15) is 0 Å². The van der Waals surface area contributed by atoms with Crippen LogP contribution in [0.1, 0.15) is 25.7 Å². The number of hydrogen-bond acceptors (Lipinski definition) is 2. The molecule has 10 heavy (non-hydrogen) atoms. The predicted molar refractivity (Wildman–Crippen MR) is 39.2 cm³/mol. The molecule has 0 saturated heterocycles. The molecule has 0 amide bonds. The third-order valence-electron chi connectivity index (χ3n) is 1.97. The molecule has 0 aliphatic heterocycles. The number of rotatable bonds is 3. The third kappa shape index (κ3) is 2.56. The van der Waals surface area contributed by atoms with Gasteiger partial charge in [-0.15, -0.1) is 0 Å². The highest BCUT2D eigenvalue weighted by molar-refractivity contribution is 6.61. The number of carbonyl (C=O) groups is 1. The average Bonchev–Trinajstić information content (AvgIpc) is 1.75. The highest BCUT2D eigenvalue weighted by atomic mass is 35.5. The van der Waals surface area contributed by atoms with Crippen LogP contribution >= 0.6 is 11.6 Å². The molecule has 1 fully saturated rings. The zero-order valence-corrected chi connectivity index (χ0v) is 6.56. The van der Waals surface area contributed by atoms with Crippen molar-refractivity contribution in [2.75, 3.05) is 6.61 Å². The quantitative estimate of drug-likeness (QED) is 0.597. The Hall–Kier alpha value is -0.240. The van der Waals surface area contributed by atoms with Crippen LogP contribution in [0.25, 0.3) is 0 Å². The summed E-state index contributed by atoms with van der Waals surface area (Å²) in [5.74, 6) is 0.788. The van der Waals surface area contributed by atoms with E-state index in [0.717, 1.165) is 12.3 Å². The van der Waals surface area contributed by atoms with Gasteiger partial charge in [-0.25, -0.2) is 4.79 Å². The Balaban J connectivity index is 1.89. The van der Waals surface area contributed by atoms with E-state index >= 15 is 0 Å². The highest BCUT2D eigenvalue weighted by Gasteiger charge is 2.16. The summed E-state index contributed by atoms with van der Waals surface area (Å²) < 4.78 is 4.57. The minimum Gasteiger partial charge on any atom is -0.454 e. The van der Waals surface area contributed by atoms with Gasteiger partial charge in [-0.2, -0.15) is 0 Å². The lowest BCUT2D eigenvalue weighted by atomic mass is 9.83. The summed E-state index contributed by atoms with van der Waals surface area (Å²) in [6.45, 7) is 0.493. The average molecular weight is 163 g/mol. The molecular weight excluding hydrogens is 152 g/mol. The zero-order chi connectivity index (χ0) is 7.40. The van der Waals surface area contributed by atoms with Gasteiger partial charge < -0.3 is 4.74 Å². The van der Waals surface area contributed by atoms with Crippen molar-refractivity contribution in [3.63, 3.8) is 0 Å². The maximum Gasteiger partial charge on any atom is 0.403 e. The molecule has 3 heteroatoms. The molecule has 0 atom stereocenters. The van der Waals surface area contributed by atoms with Gasteiger partial charge in [0.2, 0.25) is 0 Å². The maximum absolute atomic E-state index is 10.1. The molecule has 0 unspecified atom stereocenters. The van der Waals surface area contributed by atoms with Crippen molar-refractivity contribution in [1.82, 2.24) is 0 Å². The van der Waals surface area contributed by atoms with Gasteiger partial charge in [0.25, 0.3) is 0 Å². The summed E-state index contributed by atoms with van der Waals surface area (Å²) in [6.07, 6.45) is 4.90. The predicted octanol–water partition coefficient (Wildman–Crippen LogP) is 2.55. The fourth-order valence-electron chi connectivity index (χ4n) is 1.09. The Labute approximate surface area is 65.5 Å². The molecule has 0 radical (unpaired) electrons. The van der Waals surface area contributed by atoms with Crippen LogP contribution in [0.2, 0.25) is 0 Å². The highest BCUT2D eigenvalue weighted by Crippen LogP contribution is 2.29. The lowest BCUT2D eigenvalue weighted by Crippen LogP contribution is -2.13. The van der Waals surface area contributed by atoms with Crippen molar-refractivity contribution in [2.45, 2.75) is 25.7 Å². The van der Waals surface area contributed by atoms with Crippen molar-refractivity contribution in [3.8, 4) is 0 Å². The van der Waals surface area contributed by atoms with Crippen LogP contribution in [0, 0.1) is 5.92 Å². The van der Waals surface area contributed by atoms with Crippen LogP contribution in [0.3, 0.4) is 0 Å². The van der Waals surface area contributed by atoms with Crippen molar-refractivity contribution >= 4 is 17.0 Å². The lowest BCUT2D eigenvalue weighted by Gasteiger charge is -2.24. The van der Waals surface area contributed by atoms with Crippen LogP contribution in [0.5, 0.6) is 0 Å². The van der Waals surface area contributed by atoms with Gasteiger partial charge in [0.05, 0.1) is 6.61 Å². The lowest BCUT2D eigenvalue weighted by molar-refractivity contribution is 0.152. The summed E-state index contributed by atoms with van der Waals surface area (Å²) in [5.41, 5.74) is -0.681. The molecule has 0 N–H and O–H groups in total. The van der Waals surface area contributed by atoms with E-state index in [-0.39, 0.29) is 0 Å². The molecule has 0 aromatic carbocycles. The van der Waals surface area contributed by atoms with Gasteiger partial charge in [0.15, 0.2) is 0 Å². The molecule has 58 valence electrons. The van der Waals surface area contributed by atoms with Crippen molar-refractivity contribution in [2.24, 2.45) is 5.92 Å². The standard InChI is InChI=1S/C7H11ClO2/c8-7(9)10-5-4-6-2-1-3-6/h6H,1-5H2. The molecule has 1 saturated carbocycles.